The highest BCUT2D eigenvalue weighted by Crippen LogP contribution is 2.48. The van der Waals surface area contributed by atoms with Crippen LogP contribution in [0.1, 0.15) is 44.1 Å². The number of hydrogen-bond donors (Lipinski definition) is 1. The molecule has 2 atom stereocenters. The van der Waals surface area contributed by atoms with Crippen LogP contribution in [-0.4, -0.2) is 24.0 Å². The number of likely N-dealkylation sites (N-methyl/N-ethyl adjacent to an activating group) is 1. The van der Waals surface area contributed by atoms with Gasteiger partial charge in [-0.3, -0.25) is 4.90 Å². The minimum Gasteiger partial charge on any atom is -0.329 e. The second kappa shape index (κ2) is 6.28. The van der Waals surface area contributed by atoms with E-state index in [4.69, 9.17) is 17.3 Å². The minimum atomic E-state index is 0.171. The first-order valence-corrected chi connectivity index (χ1v) is 8.67. The summed E-state index contributed by atoms with van der Waals surface area (Å²) >= 11 is 6.33. The summed E-state index contributed by atoms with van der Waals surface area (Å²) in [5.74, 6) is 1.89. The quantitative estimate of drug-likeness (QED) is 0.888. The number of hydrogen-bond acceptors (Lipinski definition) is 2. The molecule has 2 aliphatic carbocycles. The fourth-order valence-corrected chi connectivity index (χ4v) is 4.29. The predicted molar refractivity (Wildman–Crippen MR) is 89.4 cm³/mol. The number of benzene rings is 1. The van der Waals surface area contributed by atoms with Crippen molar-refractivity contribution in [3.8, 4) is 0 Å². The largest absolute Gasteiger partial charge is 0.329 e. The molecule has 0 aromatic heterocycles. The Hall–Kier alpha value is -0.570. The van der Waals surface area contributed by atoms with E-state index in [-0.39, 0.29) is 5.54 Å². The van der Waals surface area contributed by atoms with E-state index in [2.05, 4.69) is 24.1 Å². The maximum atomic E-state index is 6.33. The second-order valence-electron chi connectivity index (χ2n) is 7.07. The summed E-state index contributed by atoms with van der Waals surface area (Å²) in [5.41, 5.74) is 7.62. The van der Waals surface area contributed by atoms with Gasteiger partial charge in [-0.15, -0.1) is 0 Å². The molecule has 3 rings (SSSR count). The van der Waals surface area contributed by atoms with Crippen LogP contribution in [0.3, 0.4) is 0 Å². The van der Waals surface area contributed by atoms with E-state index >= 15 is 0 Å². The summed E-state index contributed by atoms with van der Waals surface area (Å²) in [6.07, 6.45) is 8.12. The molecular formula is C18H27ClN2. The fourth-order valence-electron chi connectivity index (χ4n) is 4.09. The zero-order valence-corrected chi connectivity index (χ0v) is 13.8. The maximum Gasteiger partial charge on any atom is 0.0451 e. The van der Waals surface area contributed by atoms with Crippen molar-refractivity contribution >= 4 is 11.6 Å². The molecule has 1 aromatic rings. The molecule has 0 radical (unpaired) electrons. The van der Waals surface area contributed by atoms with Crippen molar-refractivity contribution in [2.45, 2.75) is 50.6 Å². The molecule has 2 N–H and O–H groups in total. The average Bonchev–Trinajstić information content (AvgIpc) is 3.34. The predicted octanol–water partition coefficient (Wildman–Crippen LogP) is 4.07. The first-order valence-electron chi connectivity index (χ1n) is 8.29. The highest BCUT2D eigenvalue weighted by Gasteiger charge is 2.43. The number of nitrogens with zero attached hydrogens (tertiary/aromatic N) is 1. The van der Waals surface area contributed by atoms with E-state index in [1.165, 1.54) is 44.1 Å². The van der Waals surface area contributed by atoms with Gasteiger partial charge in [0.2, 0.25) is 0 Å². The summed E-state index contributed by atoms with van der Waals surface area (Å²) in [4.78, 5) is 2.47. The fraction of sp³-hybridized carbons (Fsp3) is 0.667. The van der Waals surface area contributed by atoms with Gasteiger partial charge in [-0.1, -0.05) is 42.6 Å². The summed E-state index contributed by atoms with van der Waals surface area (Å²) < 4.78 is 0. The maximum absolute atomic E-state index is 6.33. The molecule has 0 saturated heterocycles. The van der Waals surface area contributed by atoms with Crippen LogP contribution in [0.25, 0.3) is 0 Å². The first-order chi connectivity index (χ1) is 10.1. The third kappa shape index (κ3) is 3.28. The molecule has 0 bridgehead atoms. The summed E-state index contributed by atoms with van der Waals surface area (Å²) in [5, 5.41) is 0.867. The van der Waals surface area contributed by atoms with Crippen LogP contribution in [-0.2, 0) is 6.54 Å². The van der Waals surface area contributed by atoms with Crippen LogP contribution in [0.5, 0.6) is 0 Å². The standard InChI is InChI=1S/C18H27ClN2/c1-21(12-16-5-2-3-7-17(16)19)18(13-20)10-4-6-15(11-18)14-8-9-14/h2-3,5,7,14-15H,4,6,8-13,20H2,1H3. The molecule has 2 saturated carbocycles. The van der Waals surface area contributed by atoms with E-state index in [0.29, 0.717) is 0 Å². The van der Waals surface area contributed by atoms with E-state index in [0.717, 1.165) is 29.9 Å². The lowest BCUT2D eigenvalue weighted by Crippen LogP contribution is -2.54. The van der Waals surface area contributed by atoms with Gasteiger partial charge in [0.05, 0.1) is 0 Å². The van der Waals surface area contributed by atoms with Crippen molar-refractivity contribution in [2.75, 3.05) is 13.6 Å². The molecule has 1 aromatic carbocycles. The van der Waals surface area contributed by atoms with Crippen LogP contribution in [0.2, 0.25) is 5.02 Å². The molecule has 0 amide bonds. The van der Waals surface area contributed by atoms with E-state index < -0.39 is 0 Å². The molecule has 0 heterocycles. The zero-order chi connectivity index (χ0) is 14.9. The number of rotatable bonds is 5. The normalized spacial score (nSPS) is 29.8. The van der Waals surface area contributed by atoms with Gasteiger partial charge in [-0.05, 0) is 56.2 Å². The van der Waals surface area contributed by atoms with Crippen LogP contribution in [0, 0.1) is 11.8 Å². The van der Waals surface area contributed by atoms with Gasteiger partial charge in [-0.2, -0.15) is 0 Å². The van der Waals surface area contributed by atoms with Crippen molar-refractivity contribution in [3.63, 3.8) is 0 Å². The van der Waals surface area contributed by atoms with Crippen molar-refractivity contribution in [1.82, 2.24) is 4.90 Å². The van der Waals surface area contributed by atoms with Gasteiger partial charge >= 0.3 is 0 Å². The Morgan fingerprint density at radius 3 is 2.67 bits per heavy atom. The van der Waals surface area contributed by atoms with E-state index in [1.807, 2.05) is 12.1 Å². The van der Waals surface area contributed by atoms with Gasteiger partial charge in [0.1, 0.15) is 0 Å². The van der Waals surface area contributed by atoms with Crippen LogP contribution in [0.4, 0.5) is 0 Å². The third-order valence-electron chi connectivity index (χ3n) is 5.70. The summed E-state index contributed by atoms with van der Waals surface area (Å²) in [6.45, 7) is 1.66. The van der Waals surface area contributed by atoms with Crippen molar-refractivity contribution < 1.29 is 0 Å². The van der Waals surface area contributed by atoms with Gasteiger partial charge < -0.3 is 5.73 Å². The second-order valence-corrected chi connectivity index (χ2v) is 7.48. The molecule has 21 heavy (non-hydrogen) atoms. The summed E-state index contributed by atoms with van der Waals surface area (Å²) in [7, 11) is 2.23. The van der Waals surface area contributed by atoms with Gasteiger partial charge in [0.25, 0.3) is 0 Å². The molecule has 0 spiro atoms. The van der Waals surface area contributed by atoms with Crippen molar-refractivity contribution in [1.29, 1.82) is 0 Å². The molecular weight excluding hydrogens is 280 g/mol. The lowest BCUT2D eigenvalue weighted by Gasteiger charge is -2.47. The average molecular weight is 307 g/mol. The Labute approximate surface area is 133 Å². The number of halogens is 1. The Balaban J connectivity index is 1.73. The zero-order valence-electron chi connectivity index (χ0n) is 13.0. The van der Waals surface area contributed by atoms with Crippen molar-refractivity contribution in [2.24, 2.45) is 17.6 Å². The smallest absolute Gasteiger partial charge is 0.0451 e. The van der Waals surface area contributed by atoms with Crippen LogP contribution >= 0.6 is 11.6 Å². The Bertz CT molecular complexity index is 486. The van der Waals surface area contributed by atoms with Crippen molar-refractivity contribution in [3.05, 3.63) is 34.9 Å². The number of nitrogens with two attached hydrogens (primary N) is 1. The highest BCUT2D eigenvalue weighted by atomic mass is 35.5. The first kappa shape index (κ1) is 15.3. The van der Waals surface area contributed by atoms with Crippen LogP contribution < -0.4 is 5.73 Å². The van der Waals surface area contributed by atoms with Gasteiger partial charge in [-0.25, -0.2) is 0 Å². The summed E-state index contributed by atoms with van der Waals surface area (Å²) in [6, 6.07) is 8.17. The van der Waals surface area contributed by atoms with Crippen LogP contribution in [0.15, 0.2) is 24.3 Å². The lowest BCUT2D eigenvalue weighted by atomic mass is 9.73. The Kier molecular flexibility index (Phi) is 4.58. The van der Waals surface area contributed by atoms with E-state index in [1.54, 1.807) is 0 Å². The molecule has 0 aliphatic heterocycles. The molecule has 116 valence electrons. The third-order valence-corrected chi connectivity index (χ3v) is 6.07. The lowest BCUT2D eigenvalue weighted by molar-refractivity contribution is 0.0459. The Morgan fingerprint density at radius 1 is 1.24 bits per heavy atom. The molecule has 2 nitrogen and oxygen atoms in total. The highest BCUT2D eigenvalue weighted by molar-refractivity contribution is 6.31. The van der Waals surface area contributed by atoms with E-state index in [9.17, 15) is 0 Å². The topological polar surface area (TPSA) is 29.3 Å². The van der Waals surface area contributed by atoms with Gasteiger partial charge in [0.15, 0.2) is 0 Å². The van der Waals surface area contributed by atoms with Gasteiger partial charge in [0, 0.05) is 23.7 Å². The Morgan fingerprint density at radius 2 is 2.00 bits per heavy atom. The molecule has 2 fully saturated rings. The monoisotopic (exact) mass is 306 g/mol. The molecule has 2 unspecified atom stereocenters. The molecule has 2 aliphatic rings. The minimum absolute atomic E-state index is 0.171. The molecule has 3 heteroatoms. The SMILES string of the molecule is CN(Cc1ccccc1Cl)C1(CN)CCCC(C2CC2)C1.